The molecule has 3 rings (SSSR count). The SMILES string of the molecule is C=CCOc1cccc(-n2nc3ccc(N)cc3n2)c1. The van der Waals surface area contributed by atoms with Crippen molar-refractivity contribution in [2.75, 3.05) is 12.3 Å². The summed E-state index contributed by atoms with van der Waals surface area (Å²) >= 11 is 0. The van der Waals surface area contributed by atoms with Gasteiger partial charge in [-0.2, -0.15) is 4.80 Å². The van der Waals surface area contributed by atoms with Crippen LogP contribution >= 0.6 is 0 Å². The molecule has 0 saturated heterocycles. The highest BCUT2D eigenvalue weighted by Gasteiger charge is 2.05. The lowest BCUT2D eigenvalue weighted by Crippen LogP contribution is -1.99. The Labute approximate surface area is 116 Å². The maximum Gasteiger partial charge on any atom is 0.121 e. The van der Waals surface area contributed by atoms with Gasteiger partial charge in [0.15, 0.2) is 0 Å². The Kier molecular flexibility index (Phi) is 3.09. The van der Waals surface area contributed by atoms with Crippen molar-refractivity contribution < 1.29 is 4.74 Å². The van der Waals surface area contributed by atoms with Gasteiger partial charge >= 0.3 is 0 Å². The molecule has 0 aliphatic carbocycles. The fourth-order valence-corrected chi connectivity index (χ4v) is 1.90. The highest BCUT2D eigenvalue weighted by atomic mass is 16.5. The van der Waals surface area contributed by atoms with E-state index in [1.54, 1.807) is 16.9 Å². The molecule has 0 aliphatic rings. The standard InChI is InChI=1S/C15H14N4O/c1-2-8-20-13-5-3-4-12(10-13)19-17-14-7-6-11(16)9-15(14)18-19/h2-7,9-10H,1,8,16H2. The zero-order chi connectivity index (χ0) is 13.9. The van der Waals surface area contributed by atoms with Gasteiger partial charge in [0.25, 0.3) is 0 Å². The number of nitrogen functional groups attached to an aromatic ring is 1. The van der Waals surface area contributed by atoms with Crippen LogP contribution < -0.4 is 10.5 Å². The number of ether oxygens (including phenoxy) is 1. The third kappa shape index (κ3) is 2.33. The predicted molar refractivity (Wildman–Crippen MR) is 79.0 cm³/mol. The molecule has 0 amide bonds. The molecule has 20 heavy (non-hydrogen) atoms. The van der Waals surface area contributed by atoms with Crippen molar-refractivity contribution in [3.8, 4) is 11.4 Å². The van der Waals surface area contributed by atoms with Crippen molar-refractivity contribution >= 4 is 16.7 Å². The van der Waals surface area contributed by atoms with Crippen molar-refractivity contribution in [3.63, 3.8) is 0 Å². The van der Waals surface area contributed by atoms with Gasteiger partial charge in [0.2, 0.25) is 0 Å². The number of rotatable bonds is 4. The third-order valence-corrected chi connectivity index (χ3v) is 2.82. The van der Waals surface area contributed by atoms with Crippen LogP contribution in [0.3, 0.4) is 0 Å². The van der Waals surface area contributed by atoms with Gasteiger partial charge in [0.1, 0.15) is 23.4 Å². The van der Waals surface area contributed by atoms with E-state index in [-0.39, 0.29) is 0 Å². The van der Waals surface area contributed by atoms with Gasteiger partial charge in [0, 0.05) is 11.8 Å². The van der Waals surface area contributed by atoms with Crippen LogP contribution in [-0.2, 0) is 0 Å². The molecule has 0 unspecified atom stereocenters. The van der Waals surface area contributed by atoms with Crippen molar-refractivity contribution in [3.05, 3.63) is 55.1 Å². The van der Waals surface area contributed by atoms with Crippen LogP contribution in [0.2, 0.25) is 0 Å². The van der Waals surface area contributed by atoms with Gasteiger partial charge in [-0.15, -0.1) is 10.2 Å². The van der Waals surface area contributed by atoms with E-state index in [0.29, 0.717) is 12.3 Å². The molecule has 1 heterocycles. The smallest absolute Gasteiger partial charge is 0.121 e. The first-order valence-electron chi connectivity index (χ1n) is 6.23. The van der Waals surface area contributed by atoms with E-state index < -0.39 is 0 Å². The molecule has 0 saturated carbocycles. The molecule has 2 aromatic carbocycles. The summed E-state index contributed by atoms with van der Waals surface area (Å²) in [6.07, 6.45) is 1.70. The summed E-state index contributed by atoms with van der Waals surface area (Å²) < 4.78 is 5.50. The highest BCUT2D eigenvalue weighted by molar-refractivity contribution is 5.77. The second-order valence-electron chi connectivity index (χ2n) is 4.33. The monoisotopic (exact) mass is 266 g/mol. The van der Waals surface area contributed by atoms with Gasteiger partial charge in [-0.1, -0.05) is 18.7 Å². The molecular formula is C15H14N4O. The van der Waals surface area contributed by atoms with E-state index in [9.17, 15) is 0 Å². The Morgan fingerprint density at radius 2 is 2.00 bits per heavy atom. The Morgan fingerprint density at radius 3 is 2.85 bits per heavy atom. The summed E-state index contributed by atoms with van der Waals surface area (Å²) in [5.74, 6) is 0.753. The molecule has 0 spiro atoms. The number of nitrogens with zero attached hydrogens (tertiary/aromatic N) is 3. The van der Waals surface area contributed by atoms with Gasteiger partial charge in [-0.25, -0.2) is 0 Å². The summed E-state index contributed by atoms with van der Waals surface area (Å²) in [4.78, 5) is 1.57. The van der Waals surface area contributed by atoms with E-state index >= 15 is 0 Å². The summed E-state index contributed by atoms with van der Waals surface area (Å²) in [5, 5.41) is 8.83. The van der Waals surface area contributed by atoms with Crippen LogP contribution in [0.5, 0.6) is 5.75 Å². The molecule has 0 radical (unpaired) electrons. The summed E-state index contributed by atoms with van der Waals surface area (Å²) in [6.45, 7) is 4.09. The number of anilines is 1. The van der Waals surface area contributed by atoms with E-state index in [4.69, 9.17) is 10.5 Å². The Morgan fingerprint density at radius 1 is 1.15 bits per heavy atom. The maximum atomic E-state index is 5.74. The van der Waals surface area contributed by atoms with E-state index in [2.05, 4.69) is 16.8 Å². The Balaban J connectivity index is 1.99. The first-order valence-corrected chi connectivity index (χ1v) is 6.23. The molecule has 100 valence electrons. The molecule has 0 fully saturated rings. The zero-order valence-corrected chi connectivity index (χ0v) is 10.9. The Hall–Kier alpha value is -2.82. The molecule has 0 aliphatic heterocycles. The van der Waals surface area contributed by atoms with Crippen molar-refractivity contribution in [1.82, 2.24) is 15.0 Å². The Bertz CT molecular complexity index is 763. The van der Waals surface area contributed by atoms with Crippen LogP contribution in [0.25, 0.3) is 16.7 Å². The molecule has 5 nitrogen and oxygen atoms in total. The number of aromatic nitrogens is 3. The minimum absolute atomic E-state index is 0.467. The number of nitrogens with two attached hydrogens (primary N) is 1. The van der Waals surface area contributed by atoms with Crippen molar-refractivity contribution in [2.24, 2.45) is 0 Å². The van der Waals surface area contributed by atoms with Crippen LogP contribution in [0.15, 0.2) is 55.1 Å². The summed E-state index contributed by atoms with van der Waals surface area (Å²) in [7, 11) is 0. The minimum Gasteiger partial charge on any atom is -0.489 e. The minimum atomic E-state index is 0.467. The largest absolute Gasteiger partial charge is 0.489 e. The first-order chi connectivity index (χ1) is 9.76. The average Bonchev–Trinajstić information content (AvgIpc) is 2.88. The lowest BCUT2D eigenvalue weighted by atomic mass is 10.3. The van der Waals surface area contributed by atoms with E-state index in [1.807, 2.05) is 36.4 Å². The maximum absolute atomic E-state index is 5.74. The van der Waals surface area contributed by atoms with Gasteiger partial charge in [0.05, 0.1) is 5.69 Å². The number of hydrogen-bond donors (Lipinski definition) is 1. The second kappa shape index (κ2) is 5.05. The van der Waals surface area contributed by atoms with E-state index in [1.165, 1.54) is 0 Å². The zero-order valence-electron chi connectivity index (χ0n) is 10.9. The fourth-order valence-electron chi connectivity index (χ4n) is 1.90. The quantitative estimate of drug-likeness (QED) is 0.582. The average molecular weight is 266 g/mol. The second-order valence-corrected chi connectivity index (χ2v) is 4.33. The molecule has 1 aromatic heterocycles. The molecule has 2 N–H and O–H groups in total. The third-order valence-electron chi connectivity index (χ3n) is 2.82. The van der Waals surface area contributed by atoms with Crippen molar-refractivity contribution in [2.45, 2.75) is 0 Å². The molecule has 5 heteroatoms. The highest BCUT2D eigenvalue weighted by Crippen LogP contribution is 2.18. The summed E-state index contributed by atoms with van der Waals surface area (Å²) in [6, 6.07) is 13.0. The lowest BCUT2D eigenvalue weighted by Gasteiger charge is -2.05. The fraction of sp³-hybridized carbons (Fsp3) is 0.0667. The number of hydrogen-bond acceptors (Lipinski definition) is 4. The van der Waals surface area contributed by atoms with Crippen LogP contribution in [-0.4, -0.2) is 21.6 Å². The molecule has 0 bridgehead atoms. The molecule has 3 aromatic rings. The van der Waals surface area contributed by atoms with E-state index in [0.717, 1.165) is 22.5 Å². The van der Waals surface area contributed by atoms with Crippen LogP contribution in [0.4, 0.5) is 5.69 Å². The summed E-state index contributed by atoms with van der Waals surface area (Å²) in [5.41, 5.74) is 8.82. The predicted octanol–water partition coefficient (Wildman–Crippen LogP) is 2.57. The number of fused-ring (bicyclic) bond motifs is 1. The van der Waals surface area contributed by atoms with Gasteiger partial charge in [-0.05, 0) is 30.3 Å². The normalized spacial score (nSPS) is 10.6. The number of benzene rings is 2. The topological polar surface area (TPSA) is 66.0 Å². The molecular weight excluding hydrogens is 252 g/mol. The first kappa shape index (κ1) is 12.2. The van der Waals surface area contributed by atoms with Crippen LogP contribution in [0.1, 0.15) is 0 Å². The van der Waals surface area contributed by atoms with Gasteiger partial charge < -0.3 is 10.5 Å². The molecule has 0 atom stereocenters. The lowest BCUT2D eigenvalue weighted by molar-refractivity contribution is 0.363. The van der Waals surface area contributed by atoms with Crippen molar-refractivity contribution in [1.29, 1.82) is 0 Å². The van der Waals surface area contributed by atoms with Gasteiger partial charge in [-0.3, -0.25) is 0 Å². The van der Waals surface area contributed by atoms with Crippen LogP contribution in [0, 0.1) is 0 Å².